The van der Waals surface area contributed by atoms with Crippen LogP contribution in [-0.4, -0.2) is 182 Å². The van der Waals surface area contributed by atoms with Gasteiger partial charge in [-0.15, -0.1) is 0 Å². The molecule has 0 aromatic heterocycles. The Morgan fingerprint density at radius 1 is 0.472 bits per heavy atom. The highest BCUT2D eigenvalue weighted by Gasteiger charge is 2.14. The Bertz CT molecular complexity index is 905. The van der Waals surface area contributed by atoms with Gasteiger partial charge in [0.2, 0.25) is 23.6 Å². The lowest BCUT2D eigenvalue weighted by atomic mass is 10.2. The standard InChI is InChI=1S/C35H68N4O14/c1-39(35(43)13-7-11-33(41)37-15-9-17-49-27-31(53-25-21-47-5)29-51-23-19-45-3)38-34(42)12-6-10-32(40)36-14-8-16-48-26-30(52-24-20-46-4)28-50-22-18-44-2/h30-31H,6-29H2,1-5H3,(H,36,40)(H,37,41)(H,38,42). The van der Waals surface area contributed by atoms with Gasteiger partial charge in [-0.1, -0.05) is 0 Å². The van der Waals surface area contributed by atoms with Crippen LogP contribution in [0.25, 0.3) is 0 Å². The minimum Gasteiger partial charge on any atom is -0.382 e. The molecule has 0 radical (unpaired) electrons. The van der Waals surface area contributed by atoms with Gasteiger partial charge in [0.1, 0.15) is 12.2 Å². The second-order valence-electron chi connectivity index (χ2n) is 11.9. The van der Waals surface area contributed by atoms with E-state index in [9.17, 15) is 19.2 Å². The third kappa shape index (κ3) is 33.8. The average Bonchev–Trinajstić information content (AvgIpc) is 3.14. The summed E-state index contributed by atoms with van der Waals surface area (Å²) >= 11 is 0. The molecule has 312 valence electrons. The summed E-state index contributed by atoms with van der Waals surface area (Å²) in [6, 6.07) is 0. The van der Waals surface area contributed by atoms with Crippen molar-refractivity contribution < 1.29 is 66.5 Å². The van der Waals surface area contributed by atoms with Crippen molar-refractivity contribution in [3.05, 3.63) is 0 Å². The molecule has 0 rings (SSSR count). The van der Waals surface area contributed by atoms with E-state index >= 15 is 0 Å². The minimum atomic E-state index is -0.373. The van der Waals surface area contributed by atoms with E-state index in [1.807, 2.05) is 0 Å². The molecule has 0 aliphatic heterocycles. The van der Waals surface area contributed by atoms with Crippen LogP contribution in [0.3, 0.4) is 0 Å². The lowest BCUT2D eigenvalue weighted by Crippen LogP contribution is -2.43. The maximum Gasteiger partial charge on any atom is 0.240 e. The van der Waals surface area contributed by atoms with Gasteiger partial charge in [0.15, 0.2) is 0 Å². The second kappa shape index (κ2) is 37.8. The van der Waals surface area contributed by atoms with Gasteiger partial charge in [0, 0.05) is 87.5 Å². The molecule has 0 aliphatic carbocycles. The molecule has 0 bridgehead atoms. The normalized spacial score (nSPS) is 12.3. The molecule has 0 aromatic rings. The molecule has 0 heterocycles. The summed E-state index contributed by atoms with van der Waals surface area (Å²) in [6.07, 6.45) is 1.97. The zero-order valence-electron chi connectivity index (χ0n) is 32.8. The molecule has 3 N–H and O–H groups in total. The first-order valence-corrected chi connectivity index (χ1v) is 18.4. The molecule has 4 amide bonds. The van der Waals surface area contributed by atoms with Gasteiger partial charge in [0.25, 0.3) is 0 Å². The molecule has 0 aromatic carbocycles. The molecule has 18 nitrogen and oxygen atoms in total. The van der Waals surface area contributed by atoms with E-state index in [4.69, 9.17) is 47.4 Å². The number of nitrogens with one attached hydrogen (secondary N) is 3. The molecule has 2 unspecified atom stereocenters. The van der Waals surface area contributed by atoms with E-state index in [2.05, 4.69) is 16.1 Å². The molecule has 0 aliphatic rings. The molecular weight excluding hydrogens is 700 g/mol. The molecular formula is C35H68N4O14. The van der Waals surface area contributed by atoms with Crippen molar-refractivity contribution in [1.82, 2.24) is 21.1 Å². The quantitative estimate of drug-likeness (QED) is 0.0571. The minimum absolute atomic E-state index is 0.0842. The number of carbonyl (C=O) groups is 4. The SMILES string of the molecule is COCCOCC(COCCCNC(=O)CCCC(=O)NN(C)C(=O)CCCC(=O)NCCCOCC(COCCOC)OCCOC)OCCOC. The highest BCUT2D eigenvalue weighted by Crippen LogP contribution is 2.02. The number of hydrogen-bond donors (Lipinski definition) is 3. The van der Waals surface area contributed by atoms with E-state index in [-0.39, 0.29) is 61.5 Å². The van der Waals surface area contributed by atoms with Crippen molar-refractivity contribution in [3.8, 4) is 0 Å². The number of nitrogens with zero attached hydrogens (tertiary/aromatic N) is 1. The Kier molecular flexibility index (Phi) is 36.0. The van der Waals surface area contributed by atoms with Crippen molar-refractivity contribution in [1.29, 1.82) is 0 Å². The average molecular weight is 769 g/mol. The molecule has 0 fully saturated rings. The van der Waals surface area contributed by atoms with Crippen molar-refractivity contribution in [2.45, 2.75) is 63.6 Å². The van der Waals surface area contributed by atoms with Gasteiger partial charge >= 0.3 is 0 Å². The summed E-state index contributed by atoms with van der Waals surface area (Å²) in [7, 11) is 7.88. The Hall–Kier alpha value is -2.52. The van der Waals surface area contributed by atoms with E-state index in [0.717, 1.165) is 5.01 Å². The number of ether oxygens (including phenoxy) is 10. The highest BCUT2D eigenvalue weighted by atomic mass is 16.6. The summed E-state index contributed by atoms with van der Waals surface area (Å²) in [4.78, 5) is 49.0. The Labute approximate surface area is 315 Å². The molecule has 0 saturated carbocycles. The van der Waals surface area contributed by atoms with Gasteiger partial charge in [-0.25, -0.2) is 0 Å². The van der Waals surface area contributed by atoms with Crippen LogP contribution in [0.1, 0.15) is 51.4 Å². The van der Waals surface area contributed by atoms with Gasteiger partial charge in [-0.05, 0) is 25.7 Å². The van der Waals surface area contributed by atoms with Crippen LogP contribution in [0.2, 0.25) is 0 Å². The largest absolute Gasteiger partial charge is 0.382 e. The number of rotatable bonds is 38. The smallest absolute Gasteiger partial charge is 0.240 e. The fourth-order valence-electron chi connectivity index (χ4n) is 4.29. The van der Waals surface area contributed by atoms with Crippen molar-refractivity contribution in [2.75, 3.05) is 141 Å². The van der Waals surface area contributed by atoms with Gasteiger partial charge in [-0.3, -0.25) is 29.6 Å². The summed E-state index contributed by atoms with van der Waals surface area (Å²) < 4.78 is 53.8. The molecule has 18 heteroatoms. The van der Waals surface area contributed by atoms with Crippen LogP contribution in [-0.2, 0) is 66.5 Å². The third-order valence-corrected chi connectivity index (χ3v) is 7.20. The number of hydrogen-bond acceptors (Lipinski definition) is 14. The maximum atomic E-state index is 12.4. The topological polar surface area (TPSA) is 200 Å². The Morgan fingerprint density at radius 3 is 1.28 bits per heavy atom. The van der Waals surface area contributed by atoms with Crippen LogP contribution >= 0.6 is 0 Å². The maximum absolute atomic E-state index is 12.4. The van der Waals surface area contributed by atoms with Crippen LogP contribution in [0.4, 0.5) is 0 Å². The molecule has 0 spiro atoms. The van der Waals surface area contributed by atoms with Gasteiger partial charge < -0.3 is 58.0 Å². The van der Waals surface area contributed by atoms with E-state index in [0.29, 0.717) is 131 Å². The van der Waals surface area contributed by atoms with Gasteiger partial charge in [-0.2, -0.15) is 0 Å². The van der Waals surface area contributed by atoms with Crippen molar-refractivity contribution >= 4 is 23.6 Å². The highest BCUT2D eigenvalue weighted by molar-refractivity contribution is 5.83. The fourth-order valence-corrected chi connectivity index (χ4v) is 4.29. The monoisotopic (exact) mass is 768 g/mol. The van der Waals surface area contributed by atoms with Crippen LogP contribution in [0.15, 0.2) is 0 Å². The first-order chi connectivity index (χ1) is 25.8. The van der Waals surface area contributed by atoms with Crippen LogP contribution in [0, 0.1) is 0 Å². The second-order valence-corrected chi connectivity index (χ2v) is 11.9. The third-order valence-electron chi connectivity index (χ3n) is 7.20. The summed E-state index contributed by atoms with van der Waals surface area (Å²) in [5.41, 5.74) is 2.52. The van der Waals surface area contributed by atoms with Crippen molar-refractivity contribution in [3.63, 3.8) is 0 Å². The number of amides is 4. The molecule has 0 saturated heterocycles. The first-order valence-electron chi connectivity index (χ1n) is 18.4. The first kappa shape index (κ1) is 50.5. The van der Waals surface area contributed by atoms with Crippen LogP contribution < -0.4 is 16.1 Å². The Morgan fingerprint density at radius 2 is 0.849 bits per heavy atom. The predicted octanol–water partition coefficient (Wildman–Crippen LogP) is 0.252. The lowest BCUT2D eigenvalue weighted by molar-refractivity contribution is -0.140. The summed E-state index contributed by atoms with van der Waals surface area (Å²) in [6.45, 7) is 6.94. The van der Waals surface area contributed by atoms with E-state index < -0.39 is 0 Å². The fraction of sp³-hybridized carbons (Fsp3) is 0.886. The zero-order chi connectivity index (χ0) is 39.2. The summed E-state index contributed by atoms with van der Waals surface area (Å²) in [5.74, 6) is -1.03. The van der Waals surface area contributed by atoms with Crippen molar-refractivity contribution in [2.24, 2.45) is 0 Å². The van der Waals surface area contributed by atoms with Gasteiger partial charge in [0.05, 0.1) is 79.3 Å². The van der Waals surface area contributed by atoms with E-state index in [1.165, 1.54) is 7.05 Å². The zero-order valence-corrected chi connectivity index (χ0v) is 32.8. The molecule has 53 heavy (non-hydrogen) atoms. The summed E-state index contributed by atoms with van der Waals surface area (Å²) in [5, 5.41) is 6.75. The number of carbonyl (C=O) groups excluding carboxylic acids is 4. The lowest BCUT2D eigenvalue weighted by Gasteiger charge is -2.18. The molecule has 2 atom stereocenters. The predicted molar refractivity (Wildman–Crippen MR) is 194 cm³/mol. The van der Waals surface area contributed by atoms with E-state index in [1.54, 1.807) is 28.4 Å². The number of hydrazine groups is 1. The number of methoxy groups -OCH3 is 4. The Balaban J connectivity index is 3.97. The van der Waals surface area contributed by atoms with Crippen LogP contribution in [0.5, 0.6) is 0 Å².